The third-order valence-corrected chi connectivity index (χ3v) is 5.81. The number of carbonyl (C=O) groups is 2. The third kappa shape index (κ3) is 3.67. The van der Waals surface area contributed by atoms with Crippen LogP contribution in [0.2, 0.25) is 0 Å². The van der Waals surface area contributed by atoms with Crippen LogP contribution in [0.1, 0.15) is 18.4 Å². The molecule has 0 N–H and O–H groups in total. The van der Waals surface area contributed by atoms with Gasteiger partial charge in [-0.15, -0.1) is 0 Å². The van der Waals surface area contributed by atoms with Crippen LogP contribution < -0.4 is 0 Å². The van der Waals surface area contributed by atoms with E-state index in [-0.39, 0.29) is 30.3 Å². The van der Waals surface area contributed by atoms with E-state index in [2.05, 4.69) is 22.1 Å². The van der Waals surface area contributed by atoms with E-state index in [0.717, 1.165) is 38.2 Å². The van der Waals surface area contributed by atoms with Gasteiger partial charge in [0.2, 0.25) is 11.8 Å². The van der Waals surface area contributed by atoms with Crippen molar-refractivity contribution >= 4 is 11.8 Å². The van der Waals surface area contributed by atoms with E-state index in [4.69, 9.17) is 0 Å². The fourth-order valence-electron chi connectivity index (χ4n) is 4.27. The van der Waals surface area contributed by atoms with Crippen molar-refractivity contribution in [1.29, 1.82) is 0 Å². The summed E-state index contributed by atoms with van der Waals surface area (Å²) in [6, 6.07) is 10.3. The molecule has 4 heterocycles. The molecule has 0 unspecified atom stereocenters. The Kier molecular flexibility index (Phi) is 5.17. The highest BCUT2D eigenvalue weighted by Crippen LogP contribution is 2.30. The van der Waals surface area contributed by atoms with E-state index in [0.29, 0.717) is 0 Å². The molecule has 2 aromatic rings. The Balaban J connectivity index is 1.53. The van der Waals surface area contributed by atoms with Gasteiger partial charge in [-0.25, -0.2) is 4.68 Å². The van der Waals surface area contributed by atoms with E-state index < -0.39 is 0 Å². The highest BCUT2D eigenvalue weighted by molar-refractivity contribution is 5.86. The van der Waals surface area contributed by atoms with E-state index in [1.165, 1.54) is 5.56 Å². The van der Waals surface area contributed by atoms with E-state index in [1.54, 1.807) is 25.2 Å². The number of para-hydroxylation sites is 1. The fourth-order valence-corrected chi connectivity index (χ4v) is 4.27. The summed E-state index contributed by atoms with van der Waals surface area (Å²) >= 11 is 0. The number of piperidine rings is 1. The minimum atomic E-state index is -0.0226. The quantitative estimate of drug-likeness (QED) is 0.785. The Bertz CT molecular complexity index is 848. The van der Waals surface area contributed by atoms with Gasteiger partial charge in [-0.05, 0) is 30.5 Å². The molecule has 3 aliphatic heterocycles. The molecule has 2 atom stereocenters. The van der Waals surface area contributed by atoms with E-state index >= 15 is 0 Å². The summed E-state index contributed by atoms with van der Waals surface area (Å²) in [5.41, 5.74) is 2.26. The zero-order chi connectivity index (χ0) is 19.7. The third-order valence-electron chi connectivity index (χ3n) is 5.81. The smallest absolute Gasteiger partial charge is 0.241 e. The molecule has 0 aliphatic carbocycles. The largest absolute Gasteiger partial charge is 0.347 e. The average molecular weight is 381 g/mol. The number of hydrogen-bond acceptors (Lipinski definition) is 4. The molecule has 3 fully saturated rings. The summed E-state index contributed by atoms with van der Waals surface area (Å²) in [5.74, 6) is 0.0939. The number of aromatic nitrogens is 2. The molecule has 0 spiro atoms. The van der Waals surface area contributed by atoms with E-state index in [1.807, 2.05) is 34.0 Å². The molecular weight excluding hydrogens is 354 g/mol. The van der Waals surface area contributed by atoms with Crippen LogP contribution in [0.3, 0.4) is 0 Å². The Hall–Kier alpha value is -2.67. The molecule has 0 saturated carbocycles. The van der Waals surface area contributed by atoms with E-state index in [9.17, 15) is 9.59 Å². The Labute approximate surface area is 165 Å². The summed E-state index contributed by atoms with van der Waals surface area (Å²) in [6.45, 7) is 2.50. The van der Waals surface area contributed by atoms with Crippen molar-refractivity contribution in [3.05, 3.63) is 48.3 Å². The second-order valence-corrected chi connectivity index (χ2v) is 7.96. The minimum Gasteiger partial charge on any atom is -0.347 e. The topological polar surface area (TPSA) is 61.7 Å². The summed E-state index contributed by atoms with van der Waals surface area (Å²) in [6.07, 6.45) is 5.60. The lowest BCUT2D eigenvalue weighted by Crippen LogP contribution is -2.51. The fraction of sp³-hybridized carbons (Fsp3) is 0.476. The normalized spacial score (nSPS) is 22.4. The second-order valence-electron chi connectivity index (χ2n) is 7.96. The predicted molar refractivity (Wildman–Crippen MR) is 106 cm³/mol. The van der Waals surface area contributed by atoms with Crippen LogP contribution >= 0.6 is 0 Å². The van der Waals surface area contributed by atoms with Gasteiger partial charge in [0, 0.05) is 52.2 Å². The molecule has 3 saturated heterocycles. The zero-order valence-electron chi connectivity index (χ0n) is 16.5. The van der Waals surface area contributed by atoms with Crippen molar-refractivity contribution in [2.75, 3.05) is 33.7 Å². The number of nitrogens with zero attached hydrogens (tertiary/aromatic N) is 5. The van der Waals surface area contributed by atoms with Crippen LogP contribution in [0.5, 0.6) is 0 Å². The van der Waals surface area contributed by atoms with Gasteiger partial charge < -0.3 is 9.80 Å². The number of fused-ring (bicyclic) bond motifs is 4. The van der Waals surface area contributed by atoms with Crippen LogP contribution in [0.4, 0.5) is 0 Å². The van der Waals surface area contributed by atoms with Gasteiger partial charge in [0.15, 0.2) is 0 Å². The molecule has 1 aromatic carbocycles. The summed E-state index contributed by atoms with van der Waals surface area (Å²) < 4.78 is 1.88. The molecule has 5 rings (SSSR count). The number of amides is 2. The number of benzene rings is 1. The minimum absolute atomic E-state index is 0.0172. The number of rotatable bonds is 5. The Morgan fingerprint density at radius 2 is 2.00 bits per heavy atom. The van der Waals surface area contributed by atoms with Crippen molar-refractivity contribution in [3.8, 4) is 5.69 Å². The summed E-state index contributed by atoms with van der Waals surface area (Å²) in [7, 11) is 3.48. The predicted octanol–water partition coefficient (Wildman–Crippen LogP) is 1.38. The van der Waals surface area contributed by atoms with Crippen molar-refractivity contribution < 1.29 is 9.59 Å². The van der Waals surface area contributed by atoms with Crippen molar-refractivity contribution in [2.45, 2.75) is 25.4 Å². The van der Waals surface area contributed by atoms with Gasteiger partial charge >= 0.3 is 0 Å². The highest BCUT2D eigenvalue weighted by atomic mass is 16.2. The molecule has 2 amide bonds. The summed E-state index contributed by atoms with van der Waals surface area (Å²) in [4.78, 5) is 30.9. The van der Waals surface area contributed by atoms with Gasteiger partial charge in [-0.2, -0.15) is 5.10 Å². The zero-order valence-corrected chi connectivity index (χ0v) is 16.5. The number of hydrogen-bond donors (Lipinski definition) is 0. The monoisotopic (exact) mass is 381 g/mol. The van der Waals surface area contributed by atoms with Gasteiger partial charge in [0.1, 0.15) is 6.54 Å². The van der Waals surface area contributed by atoms with Crippen LogP contribution in [-0.4, -0.2) is 76.1 Å². The first kappa shape index (κ1) is 18.7. The lowest BCUT2D eigenvalue weighted by Gasteiger charge is -2.36. The van der Waals surface area contributed by atoms with Crippen LogP contribution in [0.15, 0.2) is 42.7 Å². The van der Waals surface area contributed by atoms with Gasteiger partial charge in [0.25, 0.3) is 0 Å². The van der Waals surface area contributed by atoms with Gasteiger partial charge in [-0.3, -0.25) is 14.5 Å². The van der Waals surface area contributed by atoms with Crippen LogP contribution in [0.25, 0.3) is 5.69 Å². The van der Waals surface area contributed by atoms with Gasteiger partial charge in [0.05, 0.1) is 11.6 Å². The SMILES string of the molecule is CN(C)C(=O)CN1C(=O)[C@H]2CC[C@@H]1CN(Cc1ccccc1-n1cccn1)C2. The molecule has 28 heavy (non-hydrogen) atoms. The maximum Gasteiger partial charge on any atom is 0.241 e. The lowest BCUT2D eigenvalue weighted by atomic mass is 9.94. The lowest BCUT2D eigenvalue weighted by molar-refractivity contribution is -0.145. The Morgan fingerprint density at radius 3 is 2.75 bits per heavy atom. The first-order chi connectivity index (χ1) is 13.5. The van der Waals surface area contributed by atoms with Crippen LogP contribution in [0, 0.1) is 5.92 Å². The molecule has 3 aliphatic rings. The molecule has 148 valence electrons. The first-order valence-corrected chi connectivity index (χ1v) is 9.84. The summed E-state index contributed by atoms with van der Waals surface area (Å²) in [5, 5.41) is 4.37. The van der Waals surface area contributed by atoms with Crippen molar-refractivity contribution in [3.63, 3.8) is 0 Å². The molecule has 7 nitrogen and oxygen atoms in total. The van der Waals surface area contributed by atoms with Crippen molar-refractivity contribution in [2.24, 2.45) is 5.92 Å². The molecule has 2 bridgehead atoms. The highest BCUT2D eigenvalue weighted by Gasteiger charge is 2.41. The molecule has 0 radical (unpaired) electrons. The molecule has 1 aromatic heterocycles. The first-order valence-electron chi connectivity index (χ1n) is 9.84. The molecule has 7 heteroatoms. The van der Waals surface area contributed by atoms with Gasteiger partial charge in [-0.1, -0.05) is 18.2 Å². The van der Waals surface area contributed by atoms with Crippen LogP contribution in [-0.2, 0) is 16.1 Å². The standard InChI is InChI=1S/C21H27N5O2/c1-23(2)20(27)15-25-18-9-8-17(21(25)28)13-24(14-18)12-16-6-3-4-7-19(16)26-11-5-10-22-26/h3-7,10-11,17-18H,8-9,12-15H2,1-2H3/t17-,18+/m0/s1. The molecular formula is C21H27N5O2. The maximum absolute atomic E-state index is 12.9. The maximum atomic E-state index is 12.9. The van der Waals surface area contributed by atoms with Crippen molar-refractivity contribution in [1.82, 2.24) is 24.5 Å². The number of carbonyl (C=O) groups excluding carboxylic acids is 2. The second kappa shape index (κ2) is 7.75. The Morgan fingerprint density at radius 1 is 1.18 bits per heavy atom. The number of likely N-dealkylation sites (N-methyl/N-ethyl adjacent to an activating group) is 1. The average Bonchev–Trinajstić information content (AvgIpc) is 3.09.